The Labute approximate surface area is 197 Å². The maximum absolute atomic E-state index is 12.7. The fourth-order valence-corrected chi connectivity index (χ4v) is 5.96. The summed E-state index contributed by atoms with van der Waals surface area (Å²) in [5.74, 6) is -0.234. The highest BCUT2D eigenvalue weighted by Gasteiger charge is 2.23. The molecule has 0 radical (unpaired) electrons. The van der Waals surface area contributed by atoms with Gasteiger partial charge in [0.1, 0.15) is 0 Å². The fourth-order valence-electron chi connectivity index (χ4n) is 4.61. The minimum absolute atomic E-state index is 0.00189. The first-order valence-corrected chi connectivity index (χ1v) is 13.4. The Morgan fingerprint density at radius 1 is 0.939 bits per heavy atom. The molecule has 1 aliphatic heterocycles. The van der Waals surface area contributed by atoms with Crippen molar-refractivity contribution in [2.75, 3.05) is 44.2 Å². The van der Waals surface area contributed by atoms with E-state index in [2.05, 4.69) is 44.1 Å². The summed E-state index contributed by atoms with van der Waals surface area (Å²) in [4.78, 5) is 17.6. The Balaban J connectivity index is 1.20. The van der Waals surface area contributed by atoms with Gasteiger partial charge in [-0.2, -0.15) is 0 Å². The number of carbonyl (C=O) groups is 1. The van der Waals surface area contributed by atoms with Crippen molar-refractivity contribution in [3.63, 3.8) is 0 Å². The second kappa shape index (κ2) is 11.1. The van der Waals surface area contributed by atoms with Gasteiger partial charge >= 0.3 is 0 Å². The molecular weight excluding hydrogens is 436 g/mol. The van der Waals surface area contributed by atoms with Gasteiger partial charge in [-0.15, -0.1) is 0 Å². The normalized spacial score (nSPS) is 17.9. The van der Waals surface area contributed by atoms with Crippen LogP contribution < -0.4 is 14.9 Å². The standard InChI is InChI=1S/C25H34N4O3S/c30-25(21-8-6-13-24(20-21)33(31,32)27-22-9-4-5-10-22)26-14-7-15-28-16-18-29(19-17-28)23-11-2-1-3-12-23/h1-3,6,8,11-13,20,22,27H,4-5,7,9-10,14-19H2,(H,26,30). The largest absolute Gasteiger partial charge is 0.369 e. The van der Waals surface area contributed by atoms with Crippen LogP contribution in [0.4, 0.5) is 5.69 Å². The summed E-state index contributed by atoms with van der Waals surface area (Å²) in [6.07, 6.45) is 4.72. The van der Waals surface area contributed by atoms with Crippen LogP contribution in [0.5, 0.6) is 0 Å². The van der Waals surface area contributed by atoms with Gasteiger partial charge < -0.3 is 10.2 Å². The molecule has 2 fully saturated rings. The summed E-state index contributed by atoms with van der Waals surface area (Å²) in [6, 6.07) is 16.8. The van der Waals surface area contributed by atoms with Crippen molar-refractivity contribution in [2.24, 2.45) is 0 Å². The molecule has 4 rings (SSSR count). The molecule has 2 aromatic rings. The molecular formula is C25H34N4O3S. The zero-order valence-electron chi connectivity index (χ0n) is 19.1. The number of amides is 1. The number of nitrogens with zero attached hydrogens (tertiary/aromatic N) is 2. The molecule has 1 saturated carbocycles. The zero-order valence-corrected chi connectivity index (χ0v) is 19.9. The van der Waals surface area contributed by atoms with Crippen LogP contribution >= 0.6 is 0 Å². The van der Waals surface area contributed by atoms with Gasteiger partial charge in [-0.05, 0) is 56.1 Å². The van der Waals surface area contributed by atoms with Crippen LogP contribution in [0.2, 0.25) is 0 Å². The number of carbonyl (C=O) groups excluding carboxylic acids is 1. The smallest absolute Gasteiger partial charge is 0.251 e. The topological polar surface area (TPSA) is 81.8 Å². The monoisotopic (exact) mass is 470 g/mol. The van der Waals surface area contributed by atoms with E-state index in [0.717, 1.165) is 64.8 Å². The fraction of sp³-hybridized carbons (Fsp3) is 0.480. The van der Waals surface area contributed by atoms with E-state index in [1.165, 1.54) is 11.8 Å². The molecule has 1 aliphatic carbocycles. The lowest BCUT2D eigenvalue weighted by atomic mass is 10.2. The predicted molar refractivity (Wildman–Crippen MR) is 131 cm³/mol. The van der Waals surface area contributed by atoms with Gasteiger partial charge in [0.2, 0.25) is 10.0 Å². The molecule has 1 amide bonds. The number of piperazine rings is 1. The maximum atomic E-state index is 12.7. The lowest BCUT2D eigenvalue weighted by molar-refractivity contribution is 0.0951. The lowest BCUT2D eigenvalue weighted by Crippen LogP contribution is -2.47. The predicted octanol–water partition coefficient (Wildman–Crippen LogP) is 2.85. The first-order chi connectivity index (χ1) is 16.0. The van der Waals surface area contributed by atoms with E-state index in [1.54, 1.807) is 18.2 Å². The van der Waals surface area contributed by atoms with E-state index in [9.17, 15) is 13.2 Å². The molecule has 178 valence electrons. The minimum Gasteiger partial charge on any atom is -0.369 e. The average molecular weight is 471 g/mol. The van der Waals surface area contributed by atoms with Crippen LogP contribution in [0.3, 0.4) is 0 Å². The third kappa shape index (κ3) is 6.56. The van der Waals surface area contributed by atoms with Crippen molar-refractivity contribution in [3.05, 3.63) is 60.2 Å². The molecule has 7 nitrogen and oxygen atoms in total. The third-order valence-electron chi connectivity index (χ3n) is 6.51. The van der Waals surface area contributed by atoms with Gasteiger partial charge in [0, 0.05) is 50.0 Å². The summed E-state index contributed by atoms with van der Waals surface area (Å²) < 4.78 is 28.1. The van der Waals surface area contributed by atoms with Crippen molar-refractivity contribution in [3.8, 4) is 0 Å². The van der Waals surface area contributed by atoms with Gasteiger partial charge in [0.15, 0.2) is 0 Å². The highest BCUT2D eigenvalue weighted by atomic mass is 32.2. The molecule has 8 heteroatoms. The number of nitrogens with one attached hydrogen (secondary N) is 2. The minimum atomic E-state index is -3.60. The molecule has 0 atom stereocenters. The van der Waals surface area contributed by atoms with Crippen LogP contribution in [0.25, 0.3) is 0 Å². The summed E-state index contributed by atoms with van der Waals surface area (Å²) in [5.41, 5.74) is 1.65. The van der Waals surface area contributed by atoms with Crippen LogP contribution in [-0.4, -0.2) is 64.5 Å². The first-order valence-electron chi connectivity index (χ1n) is 11.9. The highest BCUT2D eigenvalue weighted by Crippen LogP contribution is 2.21. The van der Waals surface area contributed by atoms with E-state index in [4.69, 9.17) is 0 Å². The van der Waals surface area contributed by atoms with E-state index in [-0.39, 0.29) is 16.8 Å². The SMILES string of the molecule is O=C(NCCCN1CCN(c2ccccc2)CC1)c1cccc(S(=O)(=O)NC2CCCC2)c1. The second-order valence-electron chi connectivity index (χ2n) is 8.90. The van der Waals surface area contributed by atoms with E-state index < -0.39 is 10.0 Å². The molecule has 1 heterocycles. The molecule has 2 aromatic carbocycles. The van der Waals surface area contributed by atoms with E-state index in [0.29, 0.717) is 12.1 Å². The Hall–Kier alpha value is -2.42. The van der Waals surface area contributed by atoms with Crippen LogP contribution in [-0.2, 0) is 10.0 Å². The van der Waals surface area contributed by atoms with Crippen LogP contribution in [0, 0.1) is 0 Å². The average Bonchev–Trinajstić information content (AvgIpc) is 3.35. The first kappa shape index (κ1) is 23.7. The van der Waals surface area contributed by atoms with E-state index >= 15 is 0 Å². The quantitative estimate of drug-likeness (QED) is 0.551. The third-order valence-corrected chi connectivity index (χ3v) is 8.03. The molecule has 0 bridgehead atoms. The van der Waals surface area contributed by atoms with Crippen molar-refractivity contribution in [2.45, 2.75) is 43.0 Å². The number of anilines is 1. The molecule has 2 aliphatic rings. The molecule has 1 saturated heterocycles. The lowest BCUT2D eigenvalue weighted by Gasteiger charge is -2.36. The van der Waals surface area contributed by atoms with Crippen LogP contribution in [0.1, 0.15) is 42.5 Å². The maximum Gasteiger partial charge on any atom is 0.251 e. The summed E-state index contributed by atoms with van der Waals surface area (Å²) in [5, 5.41) is 2.93. The number of benzene rings is 2. The molecule has 0 aromatic heterocycles. The number of rotatable bonds is 9. The molecule has 33 heavy (non-hydrogen) atoms. The molecule has 0 unspecified atom stereocenters. The summed E-state index contributed by atoms with van der Waals surface area (Å²) >= 11 is 0. The van der Waals surface area contributed by atoms with Gasteiger partial charge in [0.25, 0.3) is 5.91 Å². The van der Waals surface area contributed by atoms with Gasteiger partial charge in [-0.3, -0.25) is 9.69 Å². The highest BCUT2D eigenvalue weighted by molar-refractivity contribution is 7.89. The molecule has 2 N–H and O–H groups in total. The number of hydrogen-bond donors (Lipinski definition) is 2. The van der Waals surface area contributed by atoms with Gasteiger partial charge in [0.05, 0.1) is 4.90 Å². The van der Waals surface area contributed by atoms with E-state index in [1.807, 2.05) is 6.07 Å². The zero-order chi connectivity index (χ0) is 23.1. The Morgan fingerprint density at radius 3 is 2.39 bits per heavy atom. The van der Waals surface area contributed by atoms with Crippen molar-refractivity contribution in [1.29, 1.82) is 0 Å². The van der Waals surface area contributed by atoms with Gasteiger partial charge in [-0.1, -0.05) is 37.1 Å². The van der Waals surface area contributed by atoms with Gasteiger partial charge in [-0.25, -0.2) is 13.1 Å². The van der Waals surface area contributed by atoms with Crippen molar-refractivity contribution in [1.82, 2.24) is 14.9 Å². The van der Waals surface area contributed by atoms with Crippen molar-refractivity contribution >= 4 is 21.6 Å². The van der Waals surface area contributed by atoms with Crippen LogP contribution in [0.15, 0.2) is 59.5 Å². The summed E-state index contributed by atoms with van der Waals surface area (Å²) in [7, 11) is -3.60. The van der Waals surface area contributed by atoms with Crippen molar-refractivity contribution < 1.29 is 13.2 Å². The Bertz CT molecular complexity index is 1010. The second-order valence-corrected chi connectivity index (χ2v) is 10.6. The number of para-hydroxylation sites is 1. The molecule has 0 spiro atoms. The number of sulfonamides is 1. The number of hydrogen-bond acceptors (Lipinski definition) is 5. The summed E-state index contributed by atoms with van der Waals surface area (Å²) in [6.45, 7) is 5.53. The Morgan fingerprint density at radius 2 is 1.67 bits per heavy atom. The Kier molecular flexibility index (Phi) is 8.01.